The first kappa shape index (κ1) is 47.3. The molecule has 0 bridgehead atoms. The Morgan fingerprint density at radius 2 is 1.42 bits per heavy atom. The van der Waals surface area contributed by atoms with Crippen molar-refractivity contribution in [3.05, 3.63) is 165 Å². The summed E-state index contributed by atoms with van der Waals surface area (Å²) in [7, 11) is 7.26. The first-order valence-electron chi connectivity index (χ1n) is 23.6. The van der Waals surface area contributed by atoms with Crippen LogP contribution in [-0.4, -0.2) is 8.07 Å². The number of aryl methyl sites for hydroxylation is 1. The average Bonchev–Trinajstić information content (AvgIpc) is 3.91. The molecule has 2 saturated carbocycles. The van der Waals surface area contributed by atoms with Gasteiger partial charge in [-0.15, -0.1) is 17.7 Å². The molecule has 3 nitrogen and oxygen atoms in total. The number of aromatic nitrogens is 2. The number of nitrogens with zero attached hydrogens (tertiary/aromatic N) is 2. The Hall–Kier alpha value is -4.67. The Morgan fingerprint density at radius 3 is 2.11 bits per heavy atom. The summed E-state index contributed by atoms with van der Waals surface area (Å²) < 4.78 is 10.7. The number of rotatable bonds is 8. The molecular formula is C59H70IrN2OSi-2. The summed E-state index contributed by atoms with van der Waals surface area (Å²) >= 11 is 0. The van der Waals surface area contributed by atoms with Crippen LogP contribution in [0.3, 0.4) is 0 Å². The van der Waals surface area contributed by atoms with Crippen molar-refractivity contribution >= 4 is 35.2 Å². The van der Waals surface area contributed by atoms with Gasteiger partial charge in [-0.2, -0.15) is 37.1 Å². The summed E-state index contributed by atoms with van der Waals surface area (Å²) in [5.41, 5.74) is 16.5. The van der Waals surface area contributed by atoms with E-state index in [1.807, 2.05) is 4.57 Å². The van der Waals surface area contributed by atoms with Crippen molar-refractivity contribution in [3.8, 4) is 33.6 Å². The Kier molecular flexibility index (Phi) is 14.4. The molecular weight excluding hydrogens is 973 g/mol. The SMILES string of the molecule is [CH2-]c1cc(-c2ccccc2)c2c(oc3cc(C)ccc32)c1-c1cc(CC2CCCCC2)cc[n+]1[CH2-].[CH2-]c1ccc(C2CCCC2)cc1-c1cc(CC(C)(C)C)c([Si](C)(C)C)c[n+]1[CH2-].[Ir]. The molecule has 1 radical (unpaired) electrons. The molecule has 337 valence electrons. The predicted molar refractivity (Wildman–Crippen MR) is 270 cm³/mol. The van der Waals surface area contributed by atoms with Crippen LogP contribution in [0.1, 0.15) is 118 Å². The molecule has 2 aliphatic rings. The molecule has 0 aliphatic heterocycles. The van der Waals surface area contributed by atoms with Crippen LogP contribution in [0.2, 0.25) is 19.6 Å². The van der Waals surface area contributed by atoms with Gasteiger partial charge in [0, 0.05) is 45.0 Å². The number of hydrogen-bond donors (Lipinski definition) is 0. The van der Waals surface area contributed by atoms with Gasteiger partial charge >= 0.3 is 0 Å². The monoisotopic (exact) mass is 1040 g/mol. The summed E-state index contributed by atoms with van der Waals surface area (Å²) in [6.45, 7) is 25.3. The van der Waals surface area contributed by atoms with E-state index in [4.69, 9.17) is 4.42 Å². The van der Waals surface area contributed by atoms with Crippen LogP contribution in [-0.2, 0) is 32.9 Å². The van der Waals surface area contributed by atoms with Crippen LogP contribution in [0.15, 0.2) is 108 Å². The van der Waals surface area contributed by atoms with Crippen molar-refractivity contribution in [3.63, 3.8) is 0 Å². The van der Waals surface area contributed by atoms with Gasteiger partial charge in [-0.3, -0.25) is 0 Å². The Morgan fingerprint density at radius 1 is 0.719 bits per heavy atom. The number of furan rings is 1. The third-order valence-corrected chi connectivity index (χ3v) is 15.8. The van der Waals surface area contributed by atoms with E-state index in [1.165, 1.54) is 102 Å². The molecule has 64 heavy (non-hydrogen) atoms. The first-order chi connectivity index (χ1) is 30.0. The van der Waals surface area contributed by atoms with Gasteiger partial charge in [0.2, 0.25) is 0 Å². The van der Waals surface area contributed by atoms with Gasteiger partial charge in [-0.25, -0.2) is 0 Å². The minimum atomic E-state index is -1.46. The Balaban J connectivity index is 0.000000194. The number of benzene rings is 4. The van der Waals surface area contributed by atoms with Gasteiger partial charge in [0.1, 0.15) is 5.58 Å². The Bertz CT molecular complexity index is 2740. The first-order valence-corrected chi connectivity index (χ1v) is 27.1. The van der Waals surface area contributed by atoms with Crippen molar-refractivity contribution in [2.45, 2.75) is 124 Å². The predicted octanol–water partition coefficient (Wildman–Crippen LogP) is 14.7. The molecule has 9 rings (SSSR count). The number of fused-ring (bicyclic) bond motifs is 3. The molecule has 3 aromatic heterocycles. The average molecular weight is 1040 g/mol. The van der Waals surface area contributed by atoms with E-state index in [1.54, 1.807) is 0 Å². The maximum absolute atomic E-state index is 6.63. The van der Waals surface area contributed by atoms with E-state index in [9.17, 15) is 0 Å². The Labute approximate surface area is 400 Å². The van der Waals surface area contributed by atoms with E-state index in [-0.39, 0.29) is 25.5 Å². The van der Waals surface area contributed by atoms with Gasteiger partial charge < -0.3 is 13.6 Å². The normalized spacial score (nSPS) is 15.0. The van der Waals surface area contributed by atoms with Crippen molar-refractivity contribution < 1.29 is 33.7 Å². The van der Waals surface area contributed by atoms with Gasteiger partial charge in [0.15, 0.2) is 0 Å². The quantitative estimate of drug-likeness (QED) is 0.0844. The molecule has 5 heteroatoms. The second-order valence-electron chi connectivity index (χ2n) is 21.2. The molecule has 0 spiro atoms. The second-order valence-corrected chi connectivity index (χ2v) is 26.2. The molecule has 0 unspecified atom stereocenters. The van der Waals surface area contributed by atoms with Crippen molar-refractivity contribution in [1.29, 1.82) is 0 Å². The van der Waals surface area contributed by atoms with Crippen molar-refractivity contribution in [2.24, 2.45) is 11.3 Å². The standard InChI is InChI=1S/C33H32NO.C26H38NSi.Ir/c1-22-14-15-27-30(18-22)35-33-31(23(2)19-28(32(27)33)26-12-8-5-9-13-26)29-21-25(16-17-34(29)3)20-24-10-6-4-7-11-24;1-19-13-14-21(20-11-9-10-12-20)15-23(19)24-16-22(17-26(2,3)4)25(18-27(24)5)28(6,7)8;/h5,8-9,12-19,21,24H,2-4,6-7,10-11,20H2,1H3;13-16,18,20H,1,5,9-12,17H2,2-4,6-8H3;/q2*-1;. The summed E-state index contributed by atoms with van der Waals surface area (Å²) in [6.07, 6.45) is 18.8. The smallest absolute Gasteiger partial charge is 0.133 e. The van der Waals surface area contributed by atoms with Crippen LogP contribution < -0.4 is 14.3 Å². The zero-order valence-corrected chi connectivity index (χ0v) is 43.1. The molecule has 0 saturated heterocycles. The van der Waals surface area contributed by atoms with E-state index < -0.39 is 8.07 Å². The molecule has 2 fully saturated rings. The molecule has 0 amide bonds. The van der Waals surface area contributed by atoms with Crippen molar-refractivity contribution in [2.75, 3.05) is 0 Å². The third-order valence-electron chi connectivity index (χ3n) is 13.7. The summed E-state index contributed by atoms with van der Waals surface area (Å²) in [4.78, 5) is 0. The molecule has 0 N–H and O–H groups in total. The van der Waals surface area contributed by atoms with Crippen LogP contribution in [0, 0.1) is 46.2 Å². The summed E-state index contributed by atoms with van der Waals surface area (Å²) in [5.74, 6) is 1.50. The zero-order chi connectivity index (χ0) is 44.6. The second kappa shape index (κ2) is 19.4. The van der Waals surface area contributed by atoms with E-state index >= 15 is 0 Å². The number of pyridine rings is 2. The van der Waals surface area contributed by atoms with E-state index in [0.29, 0.717) is 5.92 Å². The van der Waals surface area contributed by atoms with Gasteiger partial charge in [-0.1, -0.05) is 174 Å². The maximum Gasteiger partial charge on any atom is 0.133 e. The molecule has 0 atom stereocenters. The topological polar surface area (TPSA) is 20.9 Å². The van der Waals surface area contributed by atoms with Gasteiger partial charge in [-0.05, 0) is 72.2 Å². The minimum absolute atomic E-state index is 0. The molecule has 4 aromatic carbocycles. The van der Waals surface area contributed by atoms with Crippen molar-refractivity contribution in [1.82, 2.24) is 0 Å². The van der Waals surface area contributed by atoms with Gasteiger partial charge in [0.05, 0.1) is 37.4 Å². The summed E-state index contributed by atoms with van der Waals surface area (Å²) in [6, 6.07) is 33.1. The molecule has 2 aliphatic carbocycles. The fourth-order valence-corrected chi connectivity index (χ4v) is 12.1. The zero-order valence-electron chi connectivity index (χ0n) is 39.7. The molecule has 3 heterocycles. The van der Waals surface area contributed by atoms with Crippen LogP contribution in [0.25, 0.3) is 55.6 Å². The molecule has 7 aromatic rings. The maximum atomic E-state index is 6.63. The summed E-state index contributed by atoms with van der Waals surface area (Å²) in [5, 5.41) is 3.81. The van der Waals surface area contributed by atoms with E-state index in [2.05, 4.69) is 183 Å². The van der Waals surface area contributed by atoms with E-state index in [0.717, 1.165) is 68.6 Å². The van der Waals surface area contributed by atoms with Crippen LogP contribution in [0.5, 0.6) is 0 Å². The fraction of sp³-hybridized carbons (Fsp3) is 0.356. The number of hydrogen-bond acceptors (Lipinski definition) is 1. The fourth-order valence-electron chi connectivity index (χ4n) is 10.5. The third kappa shape index (κ3) is 10.4. The minimum Gasteiger partial charge on any atom is -0.469 e. The largest absolute Gasteiger partial charge is 0.469 e. The van der Waals surface area contributed by atoms with Gasteiger partial charge in [0.25, 0.3) is 0 Å². The van der Waals surface area contributed by atoms with Crippen LogP contribution >= 0.6 is 0 Å². The van der Waals surface area contributed by atoms with Crippen LogP contribution in [0.4, 0.5) is 0 Å².